The van der Waals surface area contributed by atoms with Gasteiger partial charge in [0.1, 0.15) is 18.6 Å². The van der Waals surface area contributed by atoms with Crippen molar-refractivity contribution in [2.75, 3.05) is 6.54 Å². The van der Waals surface area contributed by atoms with Gasteiger partial charge in [0, 0.05) is 13.0 Å². The van der Waals surface area contributed by atoms with Crippen LogP contribution < -0.4 is 4.74 Å². The van der Waals surface area contributed by atoms with Gasteiger partial charge in [-0.15, -0.1) is 0 Å². The maximum atomic E-state index is 8.93. The molecular weight excluding hydrogens is 348 g/mol. The molecule has 0 aromatic heterocycles. The summed E-state index contributed by atoms with van der Waals surface area (Å²) in [5, 5.41) is 8.93. The quantitative estimate of drug-likeness (QED) is 0.551. The van der Waals surface area contributed by atoms with Crippen molar-refractivity contribution >= 4 is 0 Å². The van der Waals surface area contributed by atoms with Crippen LogP contribution in [0.15, 0.2) is 78.9 Å². The number of likely N-dealkylation sites (tertiary alicyclic amines) is 1. The number of hydrogen-bond donors (Lipinski definition) is 0. The summed E-state index contributed by atoms with van der Waals surface area (Å²) in [5.41, 5.74) is 4.51. The van der Waals surface area contributed by atoms with E-state index in [1.807, 2.05) is 30.3 Å². The van der Waals surface area contributed by atoms with Gasteiger partial charge in [0.2, 0.25) is 0 Å². The molecule has 1 fully saturated rings. The van der Waals surface area contributed by atoms with Gasteiger partial charge in [0.05, 0.1) is 6.61 Å². The summed E-state index contributed by atoms with van der Waals surface area (Å²) in [6.07, 6.45) is 2.99. The van der Waals surface area contributed by atoms with Crippen molar-refractivity contribution in [3.8, 4) is 23.1 Å². The zero-order valence-corrected chi connectivity index (χ0v) is 15.6. The first kappa shape index (κ1) is 18.1. The molecule has 0 aliphatic carbocycles. The number of nitriles is 1. The minimum atomic E-state index is -0.0666. The Morgan fingerprint density at radius 2 is 1.64 bits per heavy atom. The Kier molecular flexibility index (Phi) is 5.56. The number of benzene rings is 3. The number of rotatable bonds is 7. The molecule has 3 aromatic carbocycles. The van der Waals surface area contributed by atoms with Gasteiger partial charge in [-0.05, 0) is 34.4 Å². The fourth-order valence-corrected chi connectivity index (χ4v) is 3.14. The van der Waals surface area contributed by atoms with Gasteiger partial charge >= 0.3 is 0 Å². The van der Waals surface area contributed by atoms with Crippen molar-refractivity contribution in [1.82, 2.24) is 4.90 Å². The molecule has 0 saturated carbocycles. The van der Waals surface area contributed by atoms with Crippen LogP contribution in [0.4, 0.5) is 0 Å². The molecule has 0 radical (unpaired) electrons. The van der Waals surface area contributed by atoms with Crippen LogP contribution in [0.2, 0.25) is 0 Å². The highest BCUT2D eigenvalue weighted by Crippen LogP contribution is 2.25. The molecule has 28 heavy (non-hydrogen) atoms. The van der Waals surface area contributed by atoms with Crippen LogP contribution >= 0.6 is 0 Å². The summed E-state index contributed by atoms with van der Waals surface area (Å²) in [7, 11) is 0. The lowest BCUT2D eigenvalue weighted by atomic mass is 10.0. The van der Waals surface area contributed by atoms with Crippen molar-refractivity contribution in [3.05, 3.63) is 90.0 Å². The molecular formula is C24H22N2O2. The second kappa shape index (κ2) is 8.60. The monoisotopic (exact) mass is 370 g/mol. The van der Waals surface area contributed by atoms with Crippen LogP contribution in [-0.4, -0.2) is 17.7 Å². The average molecular weight is 370 g/mol. The summed E-state index contributed by atoms with van der Waals surface area (Å²) in [5.74, 6) is 0.857. The molecule has 1 heterocycles. The van der Waals surface area contributed by atoms with Gasteiger partial charge in [-0.3, -0.25) is 4.90 Å². The zero-order chi connectivity index (χ0) is 19.2. The van der Waals surface area contributed by atoms with Crippen molar-refractivity contribution in [3.63, 3.8) is 0 Å². The van der Waals surface area contributed by atoms with Gasteiger partial charge in [-0.1, -0.05) is 66.7 Å². The second-order valence-corrected chi connectivity index (χ2v) is 6.85. The average Bonchev–Trinajstić information content (AvgIpc) is 2.73. The Balaban J connectivity index is 1.36. The molecule has 1 atom stereocenters. The van der Waals surface area contributed by atoms with Crippen LogP contribution in [0.3, 0.4) is 0 Å². The fraction of sp³-hybridized carbons (Fsp3) is 0.208. The Hall–Kier alpha value is -3.29. The molecule has 1 aliphatic rings. The minimum absolute atomic E-state index is 0.0666. The normalized spacial score (nSPS) is 15.5. The lowest BCUT2D eigenvalue weighted by Crippen LogP contribution is -2.45. The lowest BCUT2D eigenvalue weighted by molar-refractivity contribution is -0.0999. The molecule has 1 saturated heterocycles. The smallest absolute Gasteiger partial charge is 0.181 e. The maximum Gasteiger partial charge on any atom is 0.181 e. The van der Waals surface area contributed by atoms with E-state index in [2.05, 4.69) is 54.7 Å². The van der Waals surface area contributed by atoms with Gasteiger partial charge in [0.15, 0.2) is 6.19 Å². The van der Waals surface area contributed by atoms with E-state index in [0.717, 1.165) is 41.0 Å². The third-order valence-corrected chi connectivity index (χ3v) is 4.91. The fourth-order valence-electron chi connectivity index (χ4n) is 3.14. The molecule has 1 unspecified atom stereocenters. The number of ether oxygens (including phenoxy) is 2. The molecule has 0 amide bonds. The van der Waals surface area contributed by atoms with E-state index in [9.17, 15) is 0 Å². The van der Waals surface area contributed by atoms with E-state index in [-0.39, 0.29) is 6.23 Å². The Labute approximate surface area is 165 Å². The van der Waals surface area contributed by atoms with Gasteiger partial charge in [-0.2, -0.15) is 5.26 Å². The van der Waals surface area contributed by atoms with Crippen molar-refractivity contribution < 1.29 is 9.47 Å². The molecule has 140 valence electrons. The van der Waals surface area contributed by atoms with Crippen LogP contribution in [0.1, 0.15) is 17.5 Å². The molecule has 0 bridgehead atoms. The Morgan fingerprint density at radius 3 is 2.36 bits per heavy atom. The third kappa shape index (κ3) is 4.33. The second-order valence-electron chi connectivity index (χ2n) is 6.85. The molecule has 0 N–H and O–H groups in total. The zero-order valence-electron chi connectivity index (χ0n) is 15.6. The predicted molar refractivity (Wildman–Crippen MR) is 108 cm³/mol. The van der Waals surface area contributed by atoms with Crippen LogP contribution in [-0.2, 0) is 18.0 Å². The first-order valence-corrected chi connectivity index (χ1v) is 9.46. The maximum absolute atomic E-state index is 8.93. The molecule has 4 heteroatoms. The summed E-state index contributed by atoms with van der Waals surface area (Å²) in [6.45, 7) is 1.87. The topological polar surface area (TPSA) is 45.5 Å². The van der Waals surface area contributed by atoms with E-state index < -0.39 is 0 Å². The van der Waals surface area contributed by atoms with E-state index in [1.165, 1.54) is 0 Å². The van der Waals surface area contributed by atoms with E-state index in [4.69, 9.17) is 14.7 Å². The summed E-state index contributed by atoms with van der Waals surface area (Å²) >= 11 is 0. The van der Waals surface area contributed by atoms with Crippen molar-refractivity contribution in [1.29, 1.82) is 5.26 Å². The predicted octanol–water partition coefficient (Wildman–Crippen LogP) is 4.96. The highest BCUT2D eigenvalue weighted by atomic mass is 16.5. The molecule has 4 nitrogen and oxygen atoms in total. The summed E-state index contributed by atoms with van der Waals surface area (Å²) < 4.78 is 11.7. The first-order chi connectivity index (χ1) is 13.8. The van der Waals surface area contributed by atoms with Crippen LogP contribution in [0.5, 0.6) is 5.75 Å². The molecule has 1 aliphatic heterocycles. The minimum Gasteiger partial charge on any atom is -0.489 e. The van der Waals surface area contributed by atoms with Crippen molar-refractivity contribution in [2.45, 2.75) is 25.9 Å². The third-order valence-electron chi connectivity index (χ3n) is 4.91. The van der Waals surface area contributed by atoms with Gasteiger partial charge in [0.25, 0.3) is 0 Å². The largest absolute Gasteiger partial charge is 0.489 e. The van der Waals surface area contributed by atoms with Crippen LogP contribution in [0, 0.1) is 11.5 Å². The van der Waals surface area contributed by atoms with E-state index in [0.29, 0.717) is 13.2 Å². The number of nitrogens with zero attached hydrogens (tertiary/aromatic N) is 2. The Morgan fingerprint density at radius 1 is 0.857 bits per heavy atom. The Bertz CT molecular complexity index is 948. The first-order valence-electron chi connectivity index (χ1n) is 9.46. The lowest BCUT2D eigenvalue weighted by Gasteiger charge is -2.35. The standard InChI is InChI=1S/C24H22N2O2/c25-18-26-14-13-24(26)28-17-20-9-11-21(12-10-20)22-7-4-8-23(15-22)27-16-19-5-2-1-3-6-19/h1-12,15,24H,13-14,16-17H2. The molecule has 4 rings (SSSR count). The van der Waals surface area contributed by atoms with Crippen LogP contribution in [0.25, 0.3) is 11.1 Å². The number of hydrogen-bond acceptors (Lipinski definition) is 4. The highest BCUT2D eigenvalue weighted by Gasteiger charge is 2.27. The highest BCUT2D eigenvalue weighted by molar-refractivity contribution is 5.65. The van der Waals surface area contributed by atoms with Crippen molar-refractivity contribution in [2.24, 2.45) is 0 Å². The SMILES string of the molecule is N#CN1CCC1OCc1ccc(-c2cccc(OCc3ccccc3)c2)cc1. The van der Waals surface area contributed by atoms with E-state index in [1.54, 1.807) is 4.90 Å². The molecule has 0 spiro atoms. The summed E-state index contributed by atoms with van der Waals surface area (Å²) in [6, 6.07) is 26.6. The van der Waals surface area contributed by atoms with E-state index >= 15 is 0 Å². The summed E-state index contributed by atoms with van der Waals surface area (Å²) in [4.78, 5) is 1.66. The molecule has 3 aromatic rings. The van der Waals surface area contributed by atoms with Gasteiger partial charge in [-0.25, -0.2) is 0 Å². The van der Waals surface area contributed by atoms with Gasteiger partial charge < -0.3 is 9.47 Å².